The third-order valence-electron chi connectivity index (χ3n) is 2.15. The van der Waals surface area contributed by atoms with Crippen LogP contribution in [0.25, 0.3) is 0 Å². The first-order valence-electron chi connectivity index (χ1n) is 5.02. The van der Waals surface area contributed by atoms with E-state index in [0.717, 1.165) is 11.4 Å². The molecule has 0 unspecified atom stereocenters. The zero-order valence-corrected chi connectivity index (χ0v) is 9.34. The molecule has 0 atom stereocenters. The second-order valence-corrected chi connectivity index (χ2v) is 3.26. The molecule has 17 heavy (non-hydrogen) atoms. The lowest BCUT2D eigenvalue weighted by Gasteiger charge is -2.07. The van der Waals surface area contributed by atoms with Crippen LogP contribution in [0.4, 0.5) is 17.5 Å². The third kappa shape index (κ3) is 2.82. The molecule has 1 aromatic heterocycles. The normalized spacial score (nSPS) is 9.76. The number of nitrogens with zero attached hydrogens (tertiary/aromatic N) is 2. The van der Waals surface area contributed by atoms with Crippen molar-refractivity contribution in [2.75, 3.05) is 17.9 Å². The lowest BCUT2D eigenvalue weighted by Crippen LogP contribution is -2.10. The van der Waals surface area contributed by atoms with E-state index in [2.05, 4.69) is 20.7 Å². The van der Waals surface area contributed by atoms with E-state index >= 15 is 0 Å². The van der Waals surface area contributed by atoms with Crippen molar-refractivity contribution in [1.29, 1.82) is 0 Å². The number of nitrogens with one attached hydrogen (secondary N) is 2. The number of nitrogen functional groups attached to an aromatic ring is 1. The molecular weight excluding hydrogens is 218 g/mol. The molecule has 88 valence electrons. The lowest BCUT2D eigenvalue weighted by molar-refractivity contribution is 0.415. The first-order chi connectivity index (χ1) is 8.31. The van der Waals surface area contributed by atoms with Crippen molar-refractivity contribution in [2.24, 2.45) is 5.84 Å². The molecule has 0 bridgehead atoms. The summed E-state index contributed by atoms with van der Waals surface area (Å²) in [5.41, 5.74) is 3.30. The molecule has 0 spiro atoms. The molecule has 0 fully saturated rings. The average Bonchev–Trinajstić information content (AvgIpc) is 2.40. The smallest absolute Gasteiger partial charge is 0.239 e. The minimum Gasteiger partial charge on any atom is -0.497 e. The van der Waals surface area contributed by atoms with E-state index in [4.69, 9.17) is 10.6 Å². The molecule has 2 aromatic rings. The molecule has 1 heterocycles. The fourth-order valence-electron chi connectivity index (χ4n) is 1.32. The highest BCUT2D eigenvalue weighted by Gasteiger charge is 1.98. The monoisotopic (exact) mass is 231 g/mol. The van der Waals surface area contributed by atoms with Gasteiger partial charge in [-0.05, 0) is 30.3 Å². The zero-order valence-electron chi connectivity index (χ0n) is 9.34. The average molecular weight is 231 g/mol. The van der Waals surface area contributed by atoms with E-state index in [-0.39, 0.29) is 0 Å². The van der Waals surface area contributed by atoms with Crippen molar-refractivity contribution < 1.29 is 4.74 Å². The van der Waals surface area contributed by atoms with Gasteiger partial charge in [0, 0.05) is 11.9 Å². The zero-order chi connectivity index (χ0) is 12.1. The highest BCUT2D eigenvalue weighted by atomic mass is 16.5. The number of anilines is 3. The Morgan fingerprint density at radius 1 is 1.18 bits per heavy atom. The van der Waals surface area contributed by atoms with Crippen LogP contribution in [0.1, 0.15) is 0 Å². The van der Waals surface area contributed by atoms with Gasteiger partial charge in [-0.3, -0.25) is 5.43 Å². The van der Waals surface area contributed by atoms with Gasteiger partial charge in [-0.1, -0.05) is 0 Å². The summed E-state index contributed by atoms with van der Waals surface area (Å²) in [5, 5.41) is 3.13. The molecule has 0 radical (unpaired) electrons. The summed E-state index contributed by atoms with van der Waals surface area (Å²) < 4.78 is 5.08. The molecule has 4 N–H and O–H groups in total. The van der Waals surface area contributed by atoms with Crippen molar-refractivity contribution >= 4 is 17.5 Å². The second kappa shape index (κ2) is 5.13. The number of benzene rings is 1. The molecule has 1 aromatic carbocycles. The van der Waals surface area contributed by atoms with Crippen LogP contribution in [0.3, 0.4) is 0 Å². The molecule has 0 aliphatic carbocycles. The molecule has 0 aliphatic heterocycles. The molecule has 0 amide bonds. The summed E-state index contributed by atoms with van der Waals surface area (Å²) in [4.78, 5) is 8.06. The molecule has 0 saturated carbocycles. The van der Waals surface area contributed by atoms with E-state index in [1.165, 1.54) is 0 Å². The number of nitrogens with two attached hydrogens (primary N) is 1. The summed E-state index contributed by atoms with van der Waals surface area (Å²) >= 11 is 0. The molecule has 0 saturated heterocycles. The van der Waals surface area contributed by atoms with Gasteiger partial charge >= 0.3 is 0 Å². The van der Waals surface area contributed by atoms with Crippen LogP contribution in [-0.2, 0) is 0 Å². The van der Waals surface area contributed by atoms with Crippen LogP contribution in [0.5, 0.6) is 5.75 Å². The Kier molecular flexibility index (Phi) is 3.37. The lowest BCUT2D eigenvalue weighted by atomic mass is 10.3. The highest BCUT2D eigenvalue weighted by Crippen LogP contribution is 2.18. The van der Waals surface area contributed by atoms with E-state index in [1.54, 1.807) is 19.4 Å². The molecule has 6 heteroatoms. The first-order valence-corrected chi connectivity index (χ1v) is 5.02. The number of rotatable bonds is 4. The summed E-state index contributed by atoms with van der Waals surface area (Å²) in [6, 6.07) is 9.29. The largest absolute Gasteiger partial charge is 0.497 e. The van der Waals surface area contributed by atoms with E-state index in [0.29, 0.717) is 11.8 Å². The Morgan fingerprint density at radius 2 is 1.94 bits per heavy atom. The fourth-order valence-corrected chi connectivity index (χ4v) is 1.32. The van der Waals surface area contributed by atoms with Crippen molar-refractivity contribution in [3.8, 4) is 5.75 Å². The predicted octanol–water partition coefficient (Wildman–Crippen LogP) is 1.51. The number of hydrogen-bond donors (Lipinski definition) is 3. The molecule has 6 nitrogen and oxygen atoms in total. The van der Waals surface area contributed by atoms with Gasteiger partial charge in [0.25, 0.3) is 0 Å². The quantitative estimate of drug-likeness (QED) is 0.546. The number of ether oxygens (including phenoxy) is 1. The van der Waals surface area contributed by atoms with Gasteiger partial charge in [0.1, 0.15) is 11.6 Å². The van der Waals surface area contributed by atoms with E-state index in [9.17, 15) is 0 Å². The molecular formula is C11H13N5O. The first kappa shape index (κ1) is 11.2. The standard InChI is InChI=1S/C11H13N5O/c1-17-9-4-2-8(3-5-9)14-10-6-7-13-11(15-10)16-12/h2-7H,12H2,1H3,(H2,13,14,15,16). The number of methoxy groups -OCH3 is 1. The Balaban J connectivity index is 2.13. The fraction of sp³-hybridized carbons (Fsp3) is 0.0909. The van der Waals surface area contributed by atoms with Crippen LogP contribution in [0.2, 0.25) is 0 Å². The van der Waals surface area contributed by atoms with Gasteiger partial charge in [0.15, 0.2) is 0 Å². The number of aromatic nitrogens is 2. The van der Waals surface area contributed by atoms with E-state index < -0.39 is 0 Å². The summed E-state index contributed by atoms with van der Waals surface area (Å²) in [7, 11) is 1.63. The van der Waals surface area contributed by atoms with Gasteiger partial charge in [-0.2, -0.15) is 4.98 Å². The summed E-state index contributed by atoms with van der Waals surface area (Å²) in [5.74, 6) is 7.07. The Morgan fingerprint density at radius 3 is 2.59 bits per heavy atom. The topological polar surface area (TPSA) is 85.1 Å². The molecule has 0 aliphatic rings. The van der Waals surface area contributed by atoms with E-state index in [1.807, 2.05) is 24.3 Å². The maximum Gasteiger partial charge on any atom is 0.239 e. The van der Waals surface area contributed by atoms with Crippen molar-refractivity contribution in [2.45, 2.75) is 0 Å². The Labute approximate surface area is 98.8 Å². The maximum absolute atomic E-state index is 5.23. The van der Waals surface area contributed by atoms with Crippen molar-refractivity contribution in [3.05, 3.63) is 36.5 Å². The minimum absolute atomic E-state index is 0.364. The Bertz CT molecular complexity index is 485. The van der Waals surface area contributed by atoms with Crippen molar-refractivity contribution in [1.82, 2.24) is 9.97 Å². The van der Waals surface area contributed by atoms with Gasteiger partial charge in [0.05, 0.1) is 7.11 Å². The third-order valence-corrected chi connectivity index (χ3v) is 2.15. The second-order valence-electron chi connectivity index (χ2n) is 3.26. The van der Waals surface area contributed by atoms with Gasteiger partial charge < -0.3 is 10.1 Å². The van der Waals surface area contributed by atoms with Crippen LogP contribution in [-0.4, -0.2) is 17.1 Å². The summed E-state index contributed by atoms with van der Waals surface area (Å²) in [6.07, 6.45) is 1.62. The van der Waals surface area contributed by atoms with Crippen LogP contribution < -0.4 is 21.3 Å². The predicted molar refractivity (Wildman–Crippen MR) is 66.1 cm³/mol. The summed E-state index contributed by atoms with van der Waals surface area (Å²) in [6.45, 7) is 0. The highest BCUT2D eigenvalue weighted by molar-refractivity contribution is 5.57. The van der Waals surface area contributed by atoms with Gasteiger partial charge in [-0.15, -0.1) is 0 Å². The van der Waals surface area contributed by atoms with Gasteiger partial charge in [0.2, 0.25) is 5.95 Å². The van der Waals surface area contributed by atoms with Gasteiger partial charge in [-0.25, -0.2) is 10.8 Å². The molecule has 2 rings (SSSR count). The van der Waals surface area contributed by atoms with Crippen LogP contribution >= 0.6 is 0 Å². The minimum atomic E-state index is 0.364. The van der Waals surface area contributed by atoms with Crippen LogP contribution in [0.15, 0.2) is 36.5 Å². The van der Waals surface area contributed by atoms with Crippen LogP contribution in [0, 0.1) is 0 Å². The SMILES string of the molecule is COc1ccc(Nc2ccnc(NN)n2)cc1. The number of hydrazine groups is 1. The van der Waals surface area contributed by atoms with Crippen molar-refractivity contribution in [3.63, 3.8) is 0 Å². The Hall–Kier alpha value is -2.34. The maximum atomic E-state index is 5.23. The number of hydrogen-bond acceptors (Lipinski definition) is 6.